The molecule has 0 bridgehead atoms. The number of anilines is 1. The highest BCUT2D eigenvalue weighted by Gasteiger charge is 2.37. The first-order chi connectivity index (χ1) is 16.8. The lowest BCUT2D eigenvalue weighted by molar-refractivity contribution is -0.128. The lowest BCUT2D eigenvalue weighted by Crippen LogP contribution is -2.51. The summed E-state index contributed by atoms with van der Waals surface area (Å²) in [4.78, 5) is 13.2. The van der Waals surface area contributed by atoms with E-state index in [1.807, 2.05) is 19.1 Å². The van der Waals surface area contributed by atoms with Gasteiger partial charge in [0.05, 0.1) is 38.2 Å². The highest BCUT2D eigenvalue weighted by Crippen LogP contribution is 2.36. The molecule has 0 saturated heterocycles. The summed E-state index contributed by atoms with van der Waals surface area (Å²) in [7, 11) is -0.672. The average Bonchev–Trinajstić information content (AvgIpc) is 2.87. The molecule has 0 aliphatic carbocycles. The number of ether oxygens (including phenoxy) is 3. The Morgan fingerprint density at radius 2 is 1.71 bits per heavy atom. The van der Waals surface area contributed by atoms with Crippen molar-refractivity contribution >= 4 is 21.6 Å². The van der Waals surface area contributed by atoms with Crippen molar-refractivity contribution in [3.8, 4) is 17.2 Å². The van der Waals surface area contributed by atoms with Crippen LogP contribution in [0.3, 0.4) is 0 Å². The largest absolute Gasteiger partial charge is 0.493 e. The number of fused-ring (bicyclic) bond motifs is 1. The van der Waals surface area contributed by atoms with E-state index in [9.17, 15) is 13.2 Å². The smallest absolute Gasteiger partial charge is 0.263 e. The van der Waals surface area contributed by atoms with Gasteiger partial charge in [-0.1, -0.05) is 48.5 Å². The highest BCUT2D eigenvalue weighted by molar-refractivity contribution is 7.92. The van der Waals surface area contributed by atoms with E-state index in [1.165, 1.54) is 4.31 Å². The zero-order valence-electron chi connectivity index (χ0n) is 19.8. The van der Waals surface area contributed by atoms with E-state index in [4.69, 9.17) is 14.2 Å². The van der Waals surface area contributed by atoms with E-state index >= 15 is 0 Å². The predicted molar refractivity (Wildman–Crippen MR) is 133 cm³/mol. The van der Waals surface area contributed by atoms with Gasteiger partial charge < -0.3 is 19.5 Å². The Morgan fingerprint density at radius 3 is 2.43 bits per heavy atom. The molecule has 184 valence electrons. The molecule has 8 nitrogen and oxygen atoms in total. The number of hydrogen-bond acceptors (Lipinski definition) is 6. The lowest BCUT2D eigenvalue weighted by atomic mass is 10.1. The van der Waals surface area contributed by atoms with Gasteiger partial charge >= 0.3 is 0 Å². The number of nitrogens with zero attached hydrogens (tertiary/aromatic N) is 1. The fraction of sp³-hybridized carbons (Fsp3) is 0.269. The van der Waals surface area contributed by atoms with Crippen LogP contribution < -0.4 is 23.8 Å². The molecule has 9 heteroatoms. The fourth-order valence-corrected chi connectivity index (χ4v) is 5.56. The van der Waals surface area contributed by atoms with E-state index in [0.29, 0.717) is 28.5 Å². The summed E-state index contributed by atoms with van der Waals surface area (Å²) in [5.41, 5.74) is 1.89. The van der Waals surface area contributed by atoms with Crippen molar-refractivity contribution in [3.63, 3.8) is 0 Å². The molecule has 2 atom stereocenters. The molecule has 0 radical (unpaired) electrons. The maximum atomic E-state index is 13.4. The topological polar surface area (TPSA) is 94.2 Å². The molecule has 1 N–H and O–H groups in total. The van der Waals surface area contributed by atoms with Crippen LogP contribution in [0.25, 0.3) is 0 Å². The molecule has 0 unspecified atom stereocenters. The number of rotatable bonds is 8. The highest BCUT2D eigenvalue weighted by atomic mass is 32.2. The van der Waals surface area contributed by atoms with E-state index in [0.717, 1.165) is 5.56 Å². The maximum Gasteiger partial charge on any atom is 0.263 e. The molecular formula is C26H28N2O6S. The molecule has 0 fully saturated rings. The van der Waals surface area contributed by atoms with Gasteiger partial charge in [0, 0.05) is 0 Å². The minimum Gasteiger partial charge on any atom is -0.493 e. The van der Waals surface area contributed by atoms with Crippen LogP contribution in [0.5, 0.6) is 17.2 Å². The molecule has 1 heterocycles. The van der Waals surface area contributed by atoms with Crippen LogP contribution >= 0.6 is 0 Å². The van der Waals surface area contributed by atoms with Crippen molar-refractivity contribution in [3.05, 3.63) is 83.9 Å². The van der Waals surface area contributed by atoms with Gasteiger partial charge in [-0.05, 0) is 42.3 Å². The molecule has 1 aliphatic rings. The number of carbonyl (C=O) groups is 1. The van der Waals surface area contributed by atoms with E-state index < -0.39 is 22.0 Å². The third kappa shape index (κ3) is 5.35. The second-order valence-corrected chi connectivity index (χ2v) is 10.1. The number of para-hydroxylation sites is 2. The minimum atomic E-state index is -3.77. The number of amides is 1. The zero-order valence-corrected chi connectivity index (χ0v) is 20.6. The van der Waals surface area contributed by atoms with Gasteiger partial charge in [0.15, 0.2) is 17.6 Å². The summed E-state index contributed by atoms with van der Waals surface area (Å²) in [5.74, 6) is 0.878. The Hall–Kier alpha value is -3.72. The standard InChI is InChI=1S/C26H28N2O6S/c1-18(20-13-14-23(32-2)24(15-20)33-3)27-26(29)25-16-28(21-11-7-8-12-22(21)34-25)35(30,31)17-19-9-5-4-6-10-19/h4-15,18,25H,16-17H2,1-3H3,(H,27,29)/t18-,25+/m1/s1. The molecule has 1 aliphatic heterocycles. The summed E-state index contributed by atoms with van der Waals surface area (Å²) in [6.07, 6.45) is -1.02. The molecule has 3 aromatic rings. The Balaban J connectivity index is 1.55. The van der Waals surface area contributed by atoms with Gasteiger partial charge in [-0.15, -0.1) is 0 Å². The number of nitrogens with one attached hydrogen (secondary N) is 1. The van der Waals surface area contributed by atoms with Gasteiger partial charge in [-0.25, -0.2) is 8.42 Å². The molecule has 3 aromatic carbocycles. The van der Waals surface area contributed by atoms with Crippen LogP contribution in [0, 0.1) is 0 Å². The number of methoxy groups -OCH3 is 2. The third-order valence-electron chi connectivity index (χ3n) is 5.82. The van der Waals surface area contributed by atoms with E-state index in [-0.39, 0.29) is 18.3 Å². The van der Waals surface area contributed by atoms with Crippen molar-refractivity contribution in [2.75, 3.05) is 25.1 Å². The summed E-state index contributed by atoms with van der Waals surface area (Å²) in [5, 5.41) is 2.93. The fourth-order valence-electron chi connectivity index (χ4n) is 3.98. The SMILES string of the molecule is COc1ccc([C@@H](C)NC(=O)[C@@H]2CN(S(=O)(=O)Cc3ccccc3)c3ccccc3O2)cc1OC. The van der Waals surface area contributed by atoms with Crippen LogP contribution in [0.2, 0.25) is 0 Å². The predicted octanol–water partition coefficient (Wildman–Crippen LogP) is 3.68. The summed E-state index contributed by atoms with van der Waals surface area (Å²) in [6, 6.07) is 20.8. The van der Waals surface area contributed by atoms with Gasteiger partial charge in [-0.3, -0.25) is 9.10 Å². The number of sulfonamides is 1. The van der Waals surface area contributed by atoms with Gasteiger partial charge in [0.2, 0.25) is 10.0 Å². The Morgan fingerprint density at radius 1 is 1.03 bits per heavy atom. The normalized spacial score (nSPS) is 16.0. The van der Waals surface area contributed by atoms with Crippen molar-refractivity contribution in [1.29, 1.82) is 0 Å². The molecule has 0 aromatic heterocycles. The molecule has 4 rings (SSSR count). The first-order valence-corrected chi connectivity index (χ1v) is 12.8. The van der Waals surface area contributed by atoms with Crippen LogP contribution in [-0.4, -0.2) is 41.2 Å². The van der Waals surface area contributed by atoms with Gasteiger partial charge in [0.25, 0.3) is 5.91 Å². The van der Waals surface area contributed by atoms with E-state index in [2.05, 4.69) is 5.32 Å². The Labute approximate surface area is 205 Å². The Bertz CT molecular complexity index is 1300. The van der Waals surface area contributed by atoms with Crippen molar-refractivity contribution in [1.82, 2.24) is 5.32 Å². The first-order valence-electron chi connectivity index (χ1n) is 11.1. The number of hydrogen-bond donors (Lipinski definition) is 1. The van der Waals surface area contributed by atoms with Crippen LogP contribution in [0.1, 0.15) is 24.1 Å². The first kappa shape index (κ1) is 24.4. The lowest BCUT2D eigenvalue weighted by Gasteiger charge is -2.35. The van der Waals surface area contributed by atoms with Crippen LogP contribution in [0.4, 0.5) is 5.69 Å². The second kappa shape index (κ2) is 10.3. The molecule has 1 amide bonds. The van der Waals surface area contributed by atoms with Crippen molar-refractivity contribution in [2.45, 2.75) is 24.8 Å². The number of carbonyl (C=O) groups excluding carboxylic acids is 1. The number of benzene rings is 3. The monoisotopic (exact) mass is 496 g/mol. The zero-order chi connectivity index (χ0) is 25.0. The molecular weight excluding hydrogens is 468 g/mol. The third-order valence-corrected chi connectivity index (χ3v) is 7.54. The van der Waals surface area contributed by atoms with Gasteiger partial charge in [-0.2, -0.15) is 0 Å². The van der Waals surface area contributed by atoms with Crippen LogP contribution in [0.15, 0.2) is 72.8 Å². The maximum absolute atomic E-state index is 13.4. The van der Waals surface area contributed by atoms with Crippen molar-refractivity contribution in [2.24, 2.45) is 0 Å². The van der Waals surface area contributed by atoms with E-state index in [1.54, 1.807) is 74.9 Å². The van der Waals surface area contributed by atoms with Crippen LogP contribution in [-0.2, 0) is 20.6 Å². The van der Waals surface area contributed by atoms with Crippen molar-refractivity contribution < 1.29 is 27.4 Å². The summed E-state index contributed by atoms with van der Waals surface area (Å²) < 4.78 is 44.6. The molecule has 35 heavy (non-hydrogen) atoms. The summed E-state index contributed by atoms with van der Waals surface area (Å²) in [6.45, 7) is 1.70. The summed E-state index contributed by atoms with van der Waals surface area (Å²) >= 11 is 0. The molecule has 0 saturated carbocycles. The average molecular weight is 497 g/mol. The Kier molecular flexibility index (Phi) is 7.16. The minimum absolute atomic E-state index is 0.128. The quantitative estimate of drug-likeness (QED) is 0.511. The second-order valence-electron chi connectivity index (χ2n) is 8.19. The molecule has 0 spiro atoms. The van der Waals surface area contributed by atoms with Gasteiger partial charge in [0.1, 0.15) is 5.75 Å².